The summed E-state index contributed by atoms with van der Waals surface area (Å²) in [6.45, 7) is 5.88. The number of carbonyl (C=O) groups excluding carboxylic acids is 1. The number of likely N-dealkylation sites (N-methyl/N-ethyl adjacent to an activating group) is 1. The molecule has 1 fully saturated rings. The Morgan fingerprint density at radius 2 is 2.31 bits per heavy atom. The van der Waals surface area contributed by atoms with Gasteiger partial charge in [-0.1, -0.05) is 0 Å². The molecular formula is C12H24N2O2. The van der Waals surface area contributed by atoms with Crippen molar-refractivity contribution < 1.29 is 9.53 Å². The predicted molar refractivity (Wildman–Crippen MR) is 64.4 cm³/mol. The Bertz CT molecular complexity index is 221. The monoisotopic (exact) mass is 228 g/mol. The summed E-state index contributed by atoms with van der Waals surface area (Å²) in [4.78, 5) is 15.8. The van der Waals surface area contributed by atoms with Crippen LogP contribution < -0.4 is 0 Å². The second kappa shape index (κ2) is 6.86. The molecule has 4 heteroatoms. The van der Waals surface area contributed by atoms with E-state index in [4.69, 9.17) is 4.74 Å². The van der Waals surface area contributed by atoms with Gasteiger partial charge in [-0.15, -0.1) is 0 Å². The Morgan fingerprint density at radius 3 is 2.94 bits per heavy atom. The number of ether oxygens (including phenoxy) is 1. The number of carbonyl (C=O) groups is 1. The Morgan fingerprint density at radius 1 is 1.56 bits per heavy atom. The molecule has 1 atom stereocenters. The van der Waals surface area contributed by atoms with Gasteiger partial charge in [0.05, 0.1) is 0 Å². The van der Waals surface area contributed by atoms with E-state index in [9.17, 15) is 4.79 Å². The standard InChI is InChI=1S/C12H24N2O2/c1-4-16-10-12(15)14(3)9-11-6-5-7-13(2)8-11/h11H,4-10H2,1-3H3. The first kappa shape index (κ1) is 13.5. The molecule has 0 aliphatic carbocycles. The van der Waals surface area contributed by atoms with Crippen LogP contribution in [-0.4, -0.2) is 62.7 Å². The van der Waals surface area contributed by atoms with Crippen molar-refractivity contribution in [3.63, 3.8) is 0 Å². The lowest BCUT2D eigenvalue weighted by Gasteiger charge is -2.32. The maximum absolute atomic E-state index is 11.6. The normalized spacial score (nSPS) is 22.1. The van der Waals surface area contributed by atoms with Gasteiger partial charge in [-0.25, -0.2) is 0 Å². The summed E-state index contributed by atoms with van der Waals surface area (Å²) in [5, 5.41) is 0. The van der Waals surface area contributed by atoms with Gasteiger partial charge in [-0.05, 0) is 39.3 Å². The van der Waals surface area contributed by atoms with E-state index in [0.717, 1.165) is 13.1 Å². The van der Waals surface area contributed by atoms with E-state index in [1.807, 2.05) is 14.0 Å². The zero-order valence-corrected chi connectivity index (χ0v) is 10.7. The van der Waals surface area contributed by atoms with Crippen molar-refractivity contribution in [2.24, 2.45) is 5.92 Å². The van der Waals surface area contributed by atoms with E-state index in [1.165, 1.54) is 19.4 Å². The van der Waals surface area contributed by atoms with Crippen LogP contribution in [0.2, 0.25) is 0 Å². The van der Waals surface area contributed by atoms with Crippen LogP contribution in [0.1, 0.15) is 19.8 Å². The van der Waals surface area contributed by atoms with Gasteiger partial charge < -0.3 is 14.5 Å². The van der Waals surface area contributed by atoms with Crippen LogP contribution in [0, 0.1) is 5.92 Å². The summed E-state index contributed by atoms with van der Waals surface area (Å²) >= 11 is 0. The van der Waals surface area contributed by atoms with Crippen molar-refractivity contribution in [2.75, 3.05) is 46.9 Å². The van der Waals surface area contributed by atoms with E-state index in [-0.39, 0.29) is 12.5 Å². The van der Waals surface area contributed by atoms with Gasteiger partial charge in [0.25, 0.3) is 0 Å². The quantitative estimate of drug-likeness (QED) is 0.698. The molecule has 16 heavy (non-hydrogen) atoms. The Hall–Kier alpha value is -0.610. The van der Waals surface area contributed by atoms with Crippen LogP contribution in [0.25, 0.3) is 0 Å². The Balaban J connectivity index is 2.26. The van der Waals surface area contributed by atoms with Crippen molar-refractivity contribution in [3.05, 3.63) is 0 Å². The van der Waals surface area contributed by atoms with E-state index >= 15 is 0 Å². The van der Waals surface area contributed by atoms with Crippen LogP contribution in [0.3, 0.4) is 0 Å². The maximum atomic E-state index is 11.6. The summed E-state index contributed by atoms with van der Waals surface area (Å²) in [6, 6.07) is 0. The SMILES string of the molecule is CCOCC(=O)N(C)CC1CCCN(C)C1. The first-order chi connectivity index (χ1) is 7.63. The van der Waals surface area contributed by atoms with Gasteiger partial charge in [-0.2, -0.15) is 0 Å². The molecule has 94 valence electrons. The van der Waals surface area contributed by atoms with Gasteiger partial charge in [0.1, 0.15) is 6.61 Å². The van der Waals surface area contributed by atoms with Crippen molar-refractivity contribution in [1.29, 1.82) is 0 Å². The number of piperidine rings is 1. The first-order valence-corrected chi connectivity index (χ1v) is 6.13. The summed E-state index contributed by atoms with van der Waals surface area (Å²) in [5.41, 5.74) is 0. The lowest BCUT2D eigenvalue weighted by molar-refractivity contribution is -0.135. The predicted octanol–water partition coefficient (Wildman–Crippen LogP) is 0.823. The summed E-state index contributed by atoms with van der Waals surface area (Å²) in [5.74, 6) is 0.712. The minimum Gasteiger partial charge on any atom is -0.372 e. The third kappa shape index (κ3) is 4.49. The number of likely N-dealkylation sites (tertiary alicyclic amines) is 1. The molecule has 1 saturated heterocycles. The third-order valence-electron chi connectivity index (χ3n) is 3.11. The number of hydrogen-bond donors (Lipinski definition) is 0. The van der Waals surface area contributed by atoms with Crippen molar-refractivity contribution >= 4 is 5.91 Å². The minimum atomic E-state index is 0.0927. The molecule has 0 aromatic rings. The molecule has 1 rings (SSSR count). The molecule has 1 aliphatic rings. The molecule has 0 N–H and O–H groups in total. The van der Waals surface area contributed by atoms with E-state index < -0.39 is 0 Å². The van der Waals surface area contributed by atoms with Crippen molar-refractivity contribution in [3.8, 4) is 0 Å². The summed E-state index contributed by atoms with van der Waals surface area (Å²) < 4.78 is 5.13. The number of nitrogens with zero attached hydrogens (tertiary/aromatic N) is 2. The van der Waals surface area contributed by atoms with E-state index in [0.29, 0.717) is 12.5 Å². The second-order valence-corrected chi connectivity index (χ2v) is 4.68. The molecule has 0 bridgehead atoms. The van der Waals surface area contributed by atoms with Gasteiger partial charge in [0, 0.05) is 26.7 Å². The number of rotatable bonds is 5. The number of hydrogen-bond acceptors (Lipinski definition) is 3. The largest absolute Gasteiger partial charge is 0.372 e. The summed E-state index contributed by atoms with van der Waals surface area (Å²) in [7, 11) is 4.02. The van der Waals surface area contributed by atoms with Crippen LogP contribution in [0.4, 0.5) is 0 Å². The molecular weight excluding hydrogens is 204 g/mol. The van der Waals surface area contributed by atoms with Crippen LogP contribution in [-0.2, 0) is 9.53 Å². The molecule has 0 radical (unpaired) electrons. The molecule has 1 aliphatic heterocycles. The van der Waals surface area contributed by atoms with Gasteiger partial charge in [0.2, 0.25) is 5.91 Å². The highest BCUT2D eigenvalue weighted by Crippen LogP contribution is 2.15. The van der Waals surface area contributed by atoms with Crippen LogP contribution in [0.15, 0.2) is 0 Å². The molecule has 0 saturated carbocycles. The second-order valence-electron chi connectivity index (χ2n) is 4.68. The highest BCUT2D eigenvalue weighted by molar-refractivity contribution is 5.77. The average Bonchev–Trinajstić information content (AvgIpc) is 2.25. The van der Waals surface area contributed by atoms with E-state index in [2.05, 4.69) is 11.9 Å². The summed E-state index contributed by atoms with van der Waals surface area (Å²) in [6.07, 6.45) is 2.48. The van der Waals surface area contributed by atoms with Crippen LogP contribution >= 0.6 is 0 Å². The lowest BCUT2D eigenvalue weighted by Crippen LogP contribution is -2.41. The van der Waals surface area contributed by atoms with E-state index in [1.54, 1.807) is 4.90 Å². The third-order valence-corrected chi connectivity index (χ3v) is 3.11. The maximum Gasteiger partial charge on any atom is 0.248 e. The first-order valence-electron chi connectivity index (χ1n) is 6.13. The molecule has 0 aromatic carbocycles. The van der Waals surface area contributed by atoms with Gasteiger partial charge >= 0.3 is 0 Å². The smallest absolute Gasteiger partial charge is 0.248 e. The number of amides is 1. The fourth-order valence-corrected chi connectivity index (χ4v) is 2.21. The van der Waals surface area contributed by atoms with Crippen molar-refractivity contribution in [1.82, 2.24) is 9.80 Å². The molecule has 1 amide bonds. The topological polar surface area (TPSA) is 32.8 Å². The minimum absolute atomic E-state index is 0.0927. The average molecular weight is 228 g/mol. The van der Waals surface area contributed by atoms with Crippen LogP contribution in [0.5, 0.6) is 0 Å². The molecule has 0 spiro atoms. The highest BCUT2D eigenvalue weighted by atomic mass is 16.5. The molecule has 1 unspecified atom stereocenters. The molecule has 1 heterocycles. The molecule has 0 aromatic heterocycles. The van der Waals surface area contributed by atoms with Gasteiger partial charge in [0.15, 0.2) is 0 Å². The highest BCUT2D eigenvalue weighted by Gasteiger charge is 2.20. The zero-order chi connectivity index (χ0) is 12.0. The van der Waals surface area contributed by atoms with Gasteiger partial charge in [-0.3, -0.25) is 4.79 Å². The fourth-order valence-electron chi connectivity index (χ4n) is 2.21. The fraction of sp³-hybridized carbons (Fsp3) is 0.917. The van der Waals surface area contributed by atoms with Crippen molar-refractivity contribution in [2.45, 2.75) is 19.8 Å². The lowest BCUT2D eigenvalue weighted by atomic mass is 9.98. The Kier molecular flexibility index (Phi) is 5.77. The molecule has 4 nitrogen and oxygen atoms in total. The zero-order valence-electron chi connectivity index (χ0n) is 10.7. The Labute approximate surface area is 98.5 Å².